The first kappa shape index (κ1) is 13.4. The Morgan fingerprint density at radius 1 is 1.05 bits per heavy atom. The summed E-state index contributed by atoms with van der Waals surface area (Å²) in [7, 11) is 0. The Morgan fingerprint density at radius 3 is 2.67 bits per heavy atom. The summed E-state index contributed by atoms with van der Waals surface area (Å²) in [4.78, 5) is 12.0. The van der Waals surface area contributed by atoms with Gasteiger partial charge >= 0.3 is 0 Å². The van der Waals surface area contributed by atoms with Gasteiger partial charge in [-0.25, -0.2) is 19.3 Å². The van der Waals surface area contributed by atoms with Crippen molar-refractivity contribution >= 4 is 34.1 Å². The fourth-order valence-electron chi connectivity index (χ4n) is 1.77. The van der Waals surface area contributed by atoms with Crippen LogP contribution >= 0.6 is 11.6 Å². The van der Waals surface area contributed by atoms with Gasteiger partial charge in [0.25, 0.3) is 0 Å². The van der Waals surface area contributed by atoms with Gasteiger partial charge in [-0.3, -0.25) is 0 Å². The Bertz CT molecular complexity index is 844. The summed E-state index contributed by atoms with van der Waals surface area (Å²) in [5, 5.41) is 11.9. The van der Waals surface area contributed by atoms with E-state index in [1.807, 2.05) is 0 Å². The number of aromatic nitrogens is 3. The van der Waals surface area contributed by atoms with Crippen LogP contribution in [-0.4, -0.2) is 20.1 Å². The number of hydrogen-bond acceptors (Lipinski definition) is 5. The zero-order valence-electron chi connectivity index (χ0n) is 10.3. The maximum atomic E-state index is 13.7. The number of phenols is 1. The number of halogens is 3. The Hall–Kier alpha value is -2.54. The molecule has 0 unspecified atom stereocenters. The minimum Gasteiger partial charge on any atom is -0.505 e. The summed E-state index contributed by atoms with van der Waals surface area (Å²) in [6.07, 6.45) is 1.26. The van der Waals surface area contributed by atoms with Crippen LogP contribution in [0.4, 0.5) is 20.3 Å². The monoisotopic (exact) mass is 308 g/mol. The molecule has 0 aliphatic carbocycles. The summed E-state index contributed by atoms with van der Waals surface area (Å²) < 4.78 is 27.1. The number of benzene rings is 1. The molecular formula is C13H7ClF2N4O. The second-order valence-electron chi connectivity index (χ2n) is 4.11. The van der Waals surface area contributed by atoms with Crippen LogP contribution in [-0.2, 0) is 0 Å². The van der Waals surface area contributed by atoms with Gasteiger partial charge in [0, 0.05) is 0 Å². The van der Waals surface area contributed by atoms with Gasteiger partial charge in [-0.2, -0.15) is 4.39 Å². The van der Waals surface area contributed by atoms with E-state index in [1.54, 1.807) is 12.1 Å². The summed E-state index contributed by atoms with van der Waals surface area (Å²) >= 11 is 5.81. The van der Waals surface area contributed by atoms with Crippen molar-refractivity contribution < 1.29 is 13.9 Å². The van der Waals surface area contributed by atoms with Gasteiger partial charge in [-0.1, -0.05) is 11.6 Å². The third kappa shape index (κ3) is 2.43. The number of nitrogens with one attached hydrogen (secondary N) is 1. The lowest BCUT2D eigenvalue weighted by atomic mass is 10.2. The first-order valence-corrected chi connectivity index (χ1v) is 6.15. The molecule has 2 aromatic heterocycles. The number of hydrogen-bond donors (Lipinski definition) is 2. The molecule has 0 aliphatic rings. The van der Waals surface area contributed by atoms with E-state index in [9.17, 15) is 8.78 Å². The molecule has 3 rings (SSSR count). The summed E-state index contributed by atoms with van der Waals surface area (Å²) in [5.41, 5.74) is 0.626. The maximum Gasteiger partial charge on any atom is 0.202 e. The molecule has 21 heavy (non-hydrogen) atoms. The molecule has 3 aromatic rings. The molecule has 0 bridgehead atoms. The zero-order chi connectivity index (χ0) is 15.0. The number of anilines is 2. The molecule has 106 valence electrons. The van der Waals surface area contributed by atoms with Gasteiger partial charge in [-0.05, 0) is 24.3 Å². The molecule has 0 fully saturated rings. The van der Waals surface area contributed by atoms with E-state index >= 15 is 0 Å². The quantitative estimate of drug-likeness (QED) is 0.561. The highest BCUT2D eigenvalue weighted by Crippen LogP contribution is 2.28. The van der Waals surface area contributed by atoms with E-state index in [0.29, 0.717) is 11.0 Å². The molecule has 0 saturated carbocycles. The molecule has 5 nitrogen and oxygen atoms in total. The number of rotatable bonds is 2. The number of nitrogens with zero attached hydrogens (tertiary/aromatic N) is 3. The van der Waals surface area contributed by atoms with Crippen molar-refractivity contribution in [3.63, 3.8) is 0 Å². The third-order valence-electron chi connectivity index (χ3n) is 2.76. The van der Waals surface area contributed by atoms with Crippen LogP contribution in [0, 0.1) is 11.6 Å². The summed E-state index contributed by atoms with van der Waals surface area (Å²) in [6.45, 7) is 0. The molecule has 0 radical (unpaired) electrons. The number of fused-ring (bicyclic) bond motifs is 1. The molecule has 8 heteroatoms. The largest absolute Gasteiger partial charge is 0.505 e. The molecule has 2 heterocycles. The minimum atomic E-state index is -1.34. The van der Waals surface area contributed by atoms with Crippen LogP contribution in [0.1, 0.15) is 0 Å². The van der Waals surface area contributed by atoms with E-state index in [1.165, 1.54) is 12.4 Å². The molecule has 0 saturated heterocycles. The third-order valence-corrected chi connectivity index (χ3v) is 2.97. The van der Waals surface area contributed by atoms with Crippen molar-refractivity contribution in [2.75, 3.05) is 5.32 Å². The van der Waals surface area contributed by atoms with Crippen LogP contribution in [0.25, 0.3) is 11.0 Å². The molecule has 1 aromatic carbocycles. The van der Waals surface area contributed by atoms with Crippen molar-refractivity contribution in [1.82, 2.24) is 15.0 Å². The first-order valence-electron chi connectivity index (χ1n) is 5.77. The highest BCUT2D eigenvalue weighted by molar-refractivity contribution is 6.29. The highest BCUT2D eigenvalue weighted by atomic mass is 35.5. The second-order valence-corrected chi connectivity index (χ2v) is 4.50. The van der Waals surface area contributed by atoms with Crippen LogP contribution in [0.5, 0.6) is 5.75 Å². The SMILES string of the molecule is Oc1ccc(Nc2ncnc3ccc(Cl)nc23)c(F)c1F. The number of pyridine rings is 1. The lowest BCUT2D eigenvalue weighted by molar-refractivity contribution is 0.408. The predicted molar refractivity (Wildman–Crippen MR) is 73.6 cm³/mol. The molecule has 0 aliphatic heterocycles. The zero-order valence-corrected chi connectivity index (χ0v) is 11.1. The smallest absolute Gasteiger partial charge is 0.202 e. The standard InChI is InChI=1S/C13H7ClF2N4O/c14-9-4-2-7-12(20-9)13(18-5-17-7)19-6-1-3-8(21)11(16)10(6)15/h1-5,21H,(H,17,18,19). The Kier molecular flexibility index (Phi) is 3.26. The minimum absolute atomic E-state index is 0.173. The van der Waals surface area contributed by atoms with Crippen molar-refractivity contribution in [1.29, 1.82) is 0 Å². The molecule has 2 N–H and O–H groups in total. The Balaban J connectivity index is 2.10. The maximum absolute atomic E-state index is 13.7. The molecule has 0 spiro atoms. The highest BCUT2D eigenvalue weighted by Gasteiger charge is 2.15. The fourth-order valence-corrected chi connectivity index (χ4v) is 1.92. The van der Waals surface area contributed by atoms with Gasteiger partial charge in [0.1, 0.15) is 17.0 Å². The van der Waals surface area contributed by atoms with Gasteiger partial charge in [0.15, 0.2) is 17.4 Å². The van der Waals surface area contributed by atoms with Crippen molar-refractivity contribution in [3.8, 4) is 5.75 Å². The average Bonchev–Trinajstić information content (AvgIpc) is 2.48. The van der Waals surface area contributed by atoms with E-state index in [-0.39, 0.29) is 16.7 Å². The number of phenolic OH excluding ortho intramolecular Hbond substituents is 1. The van der Waals surface area contributed by atoms with Crippen LogP contribution in [0.15, 0.2) is 30.6 Å². The Morgan fingerprint density at radius 2 is 1.86 bits per heavy atom. The molecular weight excluding hydrogens is 302 g/mol. The summed E-state index contributed by atoms with van der Waals surface area (Å²) in [5.74, 6) is -3.16. The van der Waals surface area contributed by atoms with Gasteiger partial charge in [-0.15, -0.1) is 0 Å². The first-order chi connectivity index (χ1) is 10.1. The second kappa shape index (κ2) is 5.10. The van der Waals surface area contributed by atoms with Crippen molar-refractivity contribution in [2.45, 2.75) is 0 Å². The topological polar surface area (TPSA) is 70.9 Å². The lowest BCUT2D eigenvalue weighted by Crippen LogP contribution is -2.01. The normalized spacial score (nSPS) is 10.8. The number of aromatic hydroxyl groups is 1. The van der Waals surface area contributed by atoms with Crippen LogP contribution in [0.2, 0.25) is 5.15 Å². The van der Waals surface area contributed by atoms with E-state index < -0.39 is 17.4 Å². The lowest BCUT2D eigenvalue weighted by Gasteiger charge is -2.09. The van der Waals surface area contributed by atoms with Crippen LogP contribution in [0.3, 0.4) is 0 Å². The average molecular weight is 309 g/mol. The van der Waals surface area contributed by atoms with Gasteiger partial charge in [0.05, 0.1) is 11.2 Å². The van der Waals surface area contributed by atoms with Gasteiger partial charge < -0.3 is 10.4 Å². The van der Waals surface area contributed by atoms with E-state index in [0.717, 1.165) is 6.07 Å². The molecule has 0 amide bonds. The fraction of sp³-hybridized carbons (Fsp3) is 0. The van der Waals surface area contributed by atoms with Crippen LogP contribution < -0.4 is 5.32 Å². The predicted octanol–water partition coefficient (Wildman–Crippen LogP) is 3.41. The molecule has 0 atom stereocenters. The van der Waals surface area contributed by atoms with E-state index in [2.05, 4.69) is 20.3 Å². The summed E-state index contributed by atoms with van der Waals surface area (Å²) in [6, 6.07) is 5.41. The van der Waals surface area contributed by atoms with Crippen molar-refractivity contribution in [3.05, 3.63) is 47.4 Å². The van der Waals surface area contributed by atoms with Gasteiger partial charge in [0.2, 0.25) is 5.82 Å². The van der Waals surface area contributed by atoms with Crippen molar-refractivity contribution in [2.24, 2.45) is 0 Å². The van der Waals surface area contributed by atoms with E-state index in [4.69, 9.17) is 16.7 Å². The Labute approximate surface area is 122 Å².